The minimum absolute atomic E-state index is 0.00586. The summed E-state index contributed by atoms with van der Waals surface area (Å²) in [6, 6.07) is 9.01. The maximum Gasteiger partial charge on any atom is 0.354 e. The number of nitrogens with zero attached hydrogens (tertiary/aromatic N) is 5. The molecule has 0 N–H and O–H groups in total. The summed E-state index contributed by atoms with van der Waals surface area (Å²) in [4.78, 5) is 39.4. The highest BCUT2D eigenvalue weighted by Crippen LogP contribution is 2.38. The van der Waals surface area contributed by atoms with Gasteiger partial charge in [0.2, 0.25) is 5.91 Å². The van der Waals surface area contributed by atoms with Crippen molar-refractivity contribution in [2.24, 2.45) is 0 Å². The van der Waals surface area contributed by atoms with Gasteiger partial charge in [-0.3, -0.25) is 14.3 Å². The Morgan fingerprint density at radius 3 is 2.43 bits per heavy atom. The van der Waals surface area contributed by atoms with Crippen LogP contribution in [-0.2, 0) is 4.79 Å². The van der Waals surface area contributed by atoms with E-state index in [-0.39, 0.29) is 34.9 Å². The molecule has 1 fully saturated rings. The summed E-state index contributed by atoms with van der Waals surface area (Å²) in [5, 5.41) is 0.394. The van der Waals surface area contributed by atoms with Gasteiger partial charge in [0.15, 0.2) is 0 Å². The van der Waals surface area contributed by atoms with Crippen molar-refractivity contribution in [1.82, 2.24) is 19.4 Å². The van der Waals surface area contributed by atoms with Gasteiger partial charge in [-0.25, -0.2) is 13.6 Å². The number of benzene rings is 2. The highest BCUT2D eigenvalue weighted by Gasteiger charge is 2.30. The molecule has 5 rings (SSSR count). The number of amides is 1. The molecule has 228 valence electrons. The molecule has 9 heteroatoms. The van der Waals surface area contributed by atoms with Crippen LogP contribution in [0.1, 0.15) is 63.3 Å². The van der Waals surface area contributed by atoms with Crippen molar-refractivity contribution in [2.45, 2.75) is 52.5 Å². The lowest BCUT2D eigenvalue weighted by atomic mass is 9.95. The SMILES string of the molecule is C=CC(=O)N1CCN(c2nc(=O)n(-c3c(C(C)C)ccnc3C(C)C)c3cc(-c4c(F)cccc4C=C)c(F)cc23)[C@@H](C)C1. The minimum atomic E-state index is -0.661. The predicted octanol–water partition coefficient (Wildman–Crippen LogP) is 6.84. The van der Waals surface area contributed by atoms with E-state index in [4.69, 9.17) is 0 Å². The van der Waals surface area contributed by atoms with E-state index in [2.05, 4.69) is 23.1 Å². The molecule has 0 radical (unpaired) electrons. The first-order valence-corrected chi connectivity index (χ1v) is 14.8. The average molecular weight is 598 g/mol. The Morgan fingerprint density at radius 2 is 1.80 bits per heavy atom. The van der Waals surface area contributed by atoms with E-state index < -0.39 is 17.3 Å². The second-order valence-electron chi connectivity index (χ2n) is 11.8. The number of aromatic nitrogens is 3. The first-order chi connectivity index (χ1) is 21.0. The minimum Gasteiger partial charge on any atom is -0.350 e. The zero-order chi connectivity index (χ0) is 31.9. The molecular weight excluding hydrogens is 560 g/mol. The van der Waals surface area contributed by atoms with Crippen molar-refractivity contribution in [2.75, 3.05) is 24.5 Å². The monoisotopic (exact) mass is 597 g/mol. The van der Waals surface area contributed by atoms with E-state index in [0.29, 0.717) is 53.3 Å². The van der Waals surface area contributed by atoms with Gasteiger partial charge in [0, 0.05) is 48.4 Å². The molecule has 7 nitrogen and oxygen atoms in total. The van der Waals surface area contributed by atoms with Crippen LogP contribution in [0.15, 0.2) is 66.6 Å². The zero-order valence-electron chi connectivity index (χ0n) is 25.8. The van der Waals surface area contributed by atoms with Crippen molar-refractivity contribution >= 4 is 28.7 Å². The second kappa shape index (κ2) is 12.1. The van der Waals surface area contributed by atoms with Crippen molar-refractivity contribution in [3.63, 3.8) is 0 Å². The summed E-state index contributed by atoms with van der Waals surface area (Å²) in [5.41, 5.74) is 2.48. The molecule has 1 aliphatic rings. The Kier molecular flexibility index (Phi) is 8.50. The summed E-state index contributed by atoms with van der Waals surface area (Å²) in [5.74, 6) is -1.15. The maximum absolute atomic E-state index is 16.2. The molecule has 0 spiro atoms. The third-order valence-corrected chi connectivity index (χ3v) is 8.26. The summed E-state index contributed by atoms with van der Waals surface area (Å²) in [6.45, 7) is 18.5. The van der Waals surface area contributed by atoms with Crippen molar-refractivity contribution < 1.29 is 13.6 Å². The lowest BCUT2D eigenvalue weighted by Crippen LogP contribution is -2.54. The number of hydrogen-bond donors (Lipinski definition) is 0. The number of hydrogen-bond acceptors (Lipinski definition) is 5. The predicted molar refractivity (Wildman–Crippen MR) is 172 cm³/mol. The molecule has 1 amide bonds. The van der Waals surface area contributed by atoms with Crippen LogP contribution in [0, 0.1) is 11.6 Å². The first kappa shape index (κ1) is 30.8. The van der Waals surface area contributed by atoms with E-state index in [0.717, 1.165) is 5.56 Å². The molecule has 2 aromatic heterocycles. The van der Waals surface area contributed by atoms with Gasteiger partial charge >= 0.3 is 5.69 Å². The Morgan fingerprint density at radius 1 is 1.05 bits per heavy atom. The number of carbonyl (C=O) groups is 1. The lowest BCUT2D eigenvalue weighted by molar-refractivity contribution is -0.126. The molecule has 0 unspecified atom stereocenters. The third kappa shape index (κ3) is 5.31. The maximum atomic E-state index is 16.2. The van der Waals surface area contributed by atoms with Crippen LogP contribution in [0.2, 0.25) is 0 Å². The molecular formula is C35H37F2N5O2. The number of halogens is 2. The van der Waals surface area contributed by atoms with Gasteiger partial charge in [-0.1, -0.05) is 59.1 Å². The molecule has 1 aliphatic heterocycles. The largest absolute Gasteiger partial charge is 0.354 e. The Labute approximate surface area is 256 Å². The zero-order valence-corrected chi connectivity index (χ0v) is 25.8. The number of fused-ring (bicyclic) bond motifs is 1. The van der Waals surface area contributed by atoms with Gasteiger partial charge in [0.1, 0.15) is 17.5 Å². The third-order valence-electron chi connectivity index (χ3n) is 8.26. The summed E-state index contributed by atoms with van der Waals surface area (Å²) >= 11 is 0. The number of piperazine rings is 1. The van der Waals surface area contributed by atoms with Crippen molar-refractivity contribution in [3.05, 3.63) is 101 Å². The number of anilines is 1. The van der Waals surface area contributed by atoms with Crippen LogP contribution in [0.5, 0.6) is 0 Å². The molecule has 0 aliphatic carbocycles. The van der Waals surface area contributed by atoms with Gasteiger partial charge in [-0.15, -0.1) is 0 Å². The van der Waals surface area contributed by atoms with Crippen LogP contribution < -0.4 is 10.6 Å². The Hall–Kier alpha value is -4.66. The molecule has 44 heavy (non-hydrogen) atoms. The highest BCUT2D eigenvalue weighted by atomic mass is 19.1. The molecule has 0 bridgehead atoms. The van der Waals surface area contributed by atoms with Gasteiger partial charge in [-0.2, -0.15) is 4.98 Å². The van der Waals surface area contributed by atoms with Crippen LogP contribution >= 0.6 is 0 Å². The van der Waals surface area contributed by atoms with E-state index in [9.17, 15) is 9.59 Å². The summed E-state index contributed by atoms with van der Waals surface area (Å²) < 4.78 is 33.0. The van der Waals surface area contributed by atoms with Crippen LogP contribution in [0.3, 0.4) is 0 Å². The van der Waals surface area contributed by atoms with Crippen molar-refractivity contribution in [3.8, 4) is 16.8 Å². The molecule has 2 aromatic carbocycles. The molecule has 1 saturated heterocycles. The summed E-state index contributed by atoms with van der Waals surface area (Å²) in [7, 11) is 0. The van der Waals surface area contributed by atoms with E-state index in [1.165, 1.54) is 34.9 Å². The normalized spacial score (nSPS) is 15.3. The average Bonchev–Trinajstić information content (AvgIpc) is 3.00. The fourth-order valence-electron chi connectivity index (χ4n) is 6.07. The number of carbonyl (C=O) groups excluding carboxylic acids is 1. The standard InChI is InChI=1S/C35H37F2N5O2/c1-8-23-11-10-12-27(36)31(23)25-18-29-26(17-28(25)37)34(41-16-15-40(19-22(41)7)30(43)9-2)39-35(44)42(29)33-24(20(3)4)13-14-38-32(33)21(5)6/h8-14,17-18,20-22H,1-2,15-16,19H2,3-7H3/t22-/m0/s1. The summed E-state index contributed by atoms with van der Waals surface area (Å²) in [6.07, 6.45) is 4.49. The number of pyridine rings is 1. The molecule has 3 heterocycles. The van der Waals surface area contributed by atoms with Gasteiger partial charge in [-0.05, 0) is 60.2 Å². The molecule has 1 atom stereocenters. The topological polar surface area (TPSA) is 71.3 Å². The van der Waals surface area contributed by atoms with Crippen LogP contribution in [-0.4, -0.2) is 51.0 Å². The lowest BCUT2D eigenvalue weighted by Gasteiger charge is -2.40. The van der Waals surface area contributed by atoms with Gasteiger partial charge < -0.3 is 9.80 Å². The Bertz CT molecular complexity index is 1820. The van der Waals surface area contributed by atoms with E-state index in [1.54, 1.807) is 23.2 Å². The fraction of sp³-hybridized carbons (Fsp3) is 0.314. The van der Waals surface area contributed by atoms with Crippen molar-refractivity contribution in [1.29, 1.82) is 0 Å². The van der Waals surface area contributed by atoms with Crippen LogP contribution in [0.25, 0.3) is 33.8 Å². The van der Waals surface area contributed by atoms with Gasteiger partial charge in [0.25, 0.3) is 0 Å². The highest BCUT2D eigenvalue weighted by molar-refractivity contribution is 5.95. The fourth-order valence-corrected chi connectivity index (χ4v) is 6.07. The first-order valence-electron chi connectivity index (χ1n) is 14.8. The van der Waals surface area contributed by atoms with Crippen LogP contribution in [0.4, 0.5) is 14.6 Å². The van der Waals surface area contributed by atoms with E-state index >= 15 is 8.78 Å². The quantitative estimate of drug-likeness (QED) is 0.218. The van der Waals surface area contributed by atoms with Gasteiger partial charge in [0.05, 0.1) is 16.9 Å². The smallest absolute Gasteiger partial charge is 0.350 e. The van der Waals surface area contributed by atoms with E-state index in [1.807, 2.05) is 45.6 Å². The second-order valence-corrected chi connectivity index (χ2v) is 11.8. The number of rotatable bonds is 7. The molecule has 0 saturated carbocycles. The molecule has 4 aromatic rings. The Balaban J connectivity index is 1.88.